The van der Waals surface area contributed by atoms with Gasteiger partial charge in [0.15, 0.2) is 0 Å². The second-order valence-electron chi connectivity index (χ2n) is 13.7. The second-order valence-corrected chi connectivity index (χ2v) is 14.5. The number of hydrogen-bond donors (Lipinski definition) is 3. The Bertz CT molecular complexity index is 1570. The molecule has 4 aliphatic heterocycles. The maximum atomic E-state index is 14.4. The minimum atomic E-state index is -2.01. The molecule has 2 aromatic rings. The number of rotatable bonds is 5. The third-order valence-corrected chi connectivity index (χ3v) is 10.9. The predicted molar refractivity (Wildman–Crippen MR) is 164 cm³/mol. The standard InChI is InChI=1S/C32H40BrN5O5/c1-16(2)12-24-29(40)37-11-7-10-25(37)32(42)38(24)30(41)31(43-32,17(3)4)35-28(39)18-13-20-19-8-6-9-22-26(19)21(27(33)34-22)14-23(20)36(5)15-18/h6,8-9,13,16-18,23-25,34,42H,7,10-12,14-15H2,1-5H3,(H,35,39)/t18-,23?,24+,25+,31-,32+/m1/s1. The van der Waals surface area contributed by atoms with Crippen LogP contribution in [0.2, 0.25) is 0 Å². The lowest BCUT2D eigenvalue weighted by Crippen LogP contribution is -2.71. The van der Waals surface area contributed by atoms with E-state index in [1.807, 2.05) is 33.0 Å². The number of piperazine rings is 1. The number of aromatic amines is 1. The van der Waals surface area contributed by atoms with Crippen molar-refractivity contribution in [2.24, 2.45) is 17.8 Å². The molecule has 3 amide bonds. The zero-order valence-electron chi connectivity index (χ0n) is 25.3. The van der Waals surface area contributed by atoms with Gasteiger partial charge < -0.3 is 20.3 Å². The number of benzene rings is 1. The molecule has 1 unspecified atom stereocenters. The predicted octanol–water partition coefficient (Wildman–Crippen LogP) is 3.19. The number of fused-ring (bicyclic) bond motifs is 5. The molecule has 1 aromatic heterocycles. The van der Waals surface area contributed by atoms with Gasteiger partial charge in [0.1, 0.15) is 12.1 Å². The van der Waals surface area contributed by atoms with E-state index >= 15 is 0 Å². The van der Waals surface area contributed by atoms with Crippen LogP contribution in [0.25, 0.3) is 16.5 Å². The van der Waals surface area contributed by atoms with Gasteiger partial charge in [0.2, 0.25) is 17.5 Å². The minimum absolute atomic E-state index is 0.104. The van der Waals surface area contributed by atoms with E-state index in [4.69, 9.17) is 4.74 Å². The van der Waals surface area contributed by atoms with Gasteiger partial charge in [-0.2, -0.15) is 0 Å². The molecular formula is C32H40BrN5O5. The van der Waals surface area contributed by atoms with Crippen LogP contribution in [0, 0.1) is 17.8 Å². The number of aliphatic hydroxyl groups is 1. The van der Waals surface area contributed by atoms with Crippen molar-refractivity contribution >= 4 is 50.1 Å². The Morgan fingerprint density at radius 3 is 2.74 bits per heavy atom. The van der Waals surface area contributed by atoms with Crippen molar-refractivity contribution in [2.75, 3.05) is 20.1 Å². The second kappa shape index (κ2) is 9.89. The molecule has 11 heteroatoms. The van der Waals surface area contributed by atoms with E-state index in [0.717, 1.165) is 34.1 Å². The van der Waals surface area contributed by atoms with Gasteiger partial charge in [0, 0.05) is 36.0 Å². The van der Waals surface area contributed by atoms with Gasteiger partial charge in [-0.05, 0) is 77.3 Å². The molecule has 7 rings (SSSR count). The van der Waals surface area contributed by atoms with Crippen LogP contribution in [0.5, 0.6) is 0 Å². The maximum Gasteiger partial charge on any atom is 0.281 e. The van der Waals surface area contributed by atoms with Crippen LogP contribution in [0.15, 0.2) is 28.9 Å². The lowest BCUT2D eigenvalue weighted by molar-refractivity contribution is -0.322. The van der Waals surface area contributed by atoms with Crippen LogP contribution >= 0.6 is 15.9 Å². The fourth-order valence-electron chi connectivity index (χ4n) is 8.15. The van der Waals surface area contributed by atoms with Gasteiger partial charge in [-0.3, -0.25) is 28.9 Å². The molecular weight excluding hydrogens is 614 g/mol. The molecule has 1 aromatic carbocycles. The summed E-state index contributed by atoms with van der Waals surface area (Å²) in [5.74, 6) is -4.01. The number of carbonyl (C=O) groups is 3. The normalized spacial score (nSPS) is 33.7. The summed E-state index contributed by atoms with van der Waals surface area (Å²) in [4.78, 5) is 50.8. The number of hydrogen-bond acceptors (Lipinski definition) is 6. The van der Waals surface area contributed by atoms with Crippen molar-refractivity contribution < 1.29 is 24.2 Å². The largest absolute Gasteiger partial charge is 0.349 e. The zero-order valence-corrected chi connectivity index (χ0v) is 26.9. The molecule has 0 radical (unpaired) electrons. The van der Waals surface area contributed by atoms with E-state index in [1.165, 1.54) is 15.8 Å². The van der Waals surface area contributed by atoms with Crippen molar-refractivity contribution in [3.8, 4) is 0 Å². The molecule has 0 saturated carbocycles. The van der Waals surface area contributed by atoms with Gasteiger partial charge in [-0.1, -0.05) is 45.9 Å². The highest BCUT2D eigenvalue weighted by molar-refractivity contribution is 9.10. The quantitative estimate of drug-likeness (QED) is 0.456. The molecule has 43 heavy (non-hydrogen) atoms. The first kappa shape index (κ1) is 29.0. The molecule has 6 atom stereocenters. The van der Waals surface area contributed by atoms with E-state index in [9.17, 15) is 19.5 Å². The van der Waals surface area contributed by atoms with E-state index in [1.54, 1.807) is 18.7 Å². The van der Waals surface area contributed by atoms with Crippen molar-refractivity contribution in [3.05, 3.63) is 40.0 Å². The summed E-state index contributed by atoms with van der Waals surface area (Å²) in [6.07, 6.45) is 4.49. The number of carbonyl (C=O) groups excluding carboxylic acids is 3. The summed E-state index contributed by atoms with van der Waals surface area (Å²) in [6.45, 7) is 8.57. The third kappa shape index (κ3) is 4.04. The van der Waals surface area contributed by atoms with Gasteiger partial charge in [0.25, 0.3) is 11.8 Å². The molecule has 5 heterocycles. The fraction of sp³-hybridized carbons (Fsp3) is 0.594. The number of amides is 3. The number of halogens is 1. The Morgan fingerprint density at radius 1 is 1.26 bits per heavy atom. The fourth-order valence-corrected chi connectivity index (χ4v) is 8.72. The number of aromatic nitrogens is 1. The van der Waals surface area contributed by atoms with Crippen LogP contribution < -0.4 is 5.32 Å². The Balaban J connectivity index is 1.25. The monoisotopic (exact) mass is 653 g/mol. The van der Waals surface area contributed by atoms with Crippen molar-refractivity contribution in [1.29, 1.82) is 0 Å². The SMILES string of the molecule is CC(C)C[C@H]1C(=O)N2CCC[C@H]2[C@]2(O)O[C@](NC(=O)[C@@H]3C=C4c5cccc6[nH]c(Br)c(c56)CC4N(C)C3)(C(C)C)C(=O)N12. The van der Waals surface area contributed by atoms with Crippen LogP contribution in [0.3, 0.4) is 0 Å². The highest BCUT2D eigenvalue weighted by Crippen LogP contribution is 2.49. The lowest BCUT2D eigenvalue weighted by atomic mass is 9.79. The summed E-state index contributed by atoms with van der Waals surface area (Å²) >= 11 is 3.70. The van der Waals surface area contributed by atoms with Crippen LogP contribution in [-0.4, -0.2) is 92.4 Å². The van der Waals surface area contributed by atoms with Crippen molar-refractivity contribution in [2.45, 2.75) is 83.1 Å². The van der Waals surface area contributed by atoms with Gasteiger partial charge >= 0.3 is 0 Å². The molecule has 0 bridgehead atoms. The summed E-state index contributed by atoms with van der Waals surface area (Å²) < 4.78 is 7.43. The van der Waals surface area contributed by atoms with Crippen LogP contribution in [0.1, 0.15) is 58.1 Å². The number of ether oxygens (including phenoxy) is 1. The van der Waals surface area contributed by atoms with E-state index in [2.05, 4.69) is 43.3 Å². The molecule has 5 aliphatic rings. The first-order chi connectivity index (χ1) is 20.4. The Morgan fingerprint density at radius 2 is 2.02 bits per heavy atom. The number of H-pyrrole nitrogens is 1. The molecule has 230 valence electrons. The van der Waals surface area contributed by atoms with Crippen LogP contribution in [-0.2, 0) is 25.5 Å². The highest BCUT2D eigenvalue weighted by atomic mass is 79.9. The number of likely N-dealkylation sites (N-methyl/N-ethyl adjacent to an activating group) is 1. The number of nitrogens with zero attached hydrogens (tertiary/aromatic N) is 3. The molecule has 3 saturated heterocycles. The maximum absolute atomic E-state index is 14.4. The van der Waals surface area contributed by atoms with Gasteiger partial charge in [-0.15, -0.1) is 0 Å². The third-order valence-electron chi connectivity index (χ3n) is 10.3. The average Bonchev–Trinajstić information content (AvgIpc) is 3.63. The topological polar surface area (TPSA) is 118 Å². The van der Waals surface area contributed by atoms with Gasteiger partial charge in [0.05, 0.1) is 10.5 Å². The molecule has 1 aliphatic carbocycles. The molecule has 3 fully saturated rings. The van der Waals surface area contributed by atoms with E-state index in [0.29, 0.717) is 25.9 Å². The first-order valence-corrected chi connectivity index (χ1v) is 16.3. The first-order valence-electron chi connectivity index (χ1n) is 15.5. The van der Waals surface area contributed by atoms with Crippen molar-refractivity contribution in [1.82, 2.24) is 25.0 Å². The number of nitrogens with one attached hydrogen (secondary N) is 2. The molecule has 0 spiro atoms. The molecule has 3 N–H and O–H groups in total. The molecule has 10 nitrogen and oxygen atoms in total. The average molecular weight is 655 g/mol. The Kier molecular flexibility index (Phi) is 6.67. The Hall–Kier alpha value is -2.73. The Labute approximate surface area is 259 Å². The highest BCUT2D eigenvalue weighted by Gasteiger charge is 2.72. The van der Waals surface area contributed by atoms with E-state index < -0.39 is 41.5 Å². The smallest absolute Gasteiger partial charge is 0.281 e. The van der Waals surface area contributed by atoms with Gasteiger partial charge in [-0.25, -0.2) is 0 Å². The summed E-state index contributed by atoms with van der Waals surface area (Å²) in [5, 5.41) is 16.3. The summed E-state index contributed by atoms with van der Waals surface area (Å²) in [7, 11) is 2.03. The van der Waals surface area contributed by atoms with Crippen molar-refractivity contribution in [3.63, 3.8) is 0 Å². The summed E-state index contributed by atoms with van der Waals surface area (Å²) in [5.41, 5.74) is 2.68. The van der Waals surface area contributed by atoms with Crippen LogP contribution in [0.4, 0.5) is 0 Å². The summed E-state index contributed by atoms with van der Waals surface area (Å²) in [6, 6.07) is 4.76. The minimum Gasteiger partial charge on any atom is -0.349 e. The zero-order chi connectivity index (χ0) is 30.6. The lowest BCUT2D eigenvalue weighted by Gasteiger charge is -2.49. The van der Waals surface area contributed by atoms with E-state index in [-0.39, 0.29) is 23.8 Å².